The van der Waals surface area contributed by atoms with Crippen molar-refractivity contribution in [2.45, 2.75) is 13.2 Å². The number of rotatable bonds is 7. The third kappa shape index (κ3) is 4.83. The van der Waals surface area contributed by atoms with Gasteiger partial charge in [-0.2, -0.15) is 5.10 Å². The highest BCUT2D eigenvalue weighted by Crippen LogP contribution is 2.18. The normalized spacial score (nSPS) is 10.8. The molecule has 0 fully saturated rings. The first kappa shape index (κ1) is 17.5. The van der Waals surface area contributed by atoms with E-state index in [0.717, 1.165) is 11.1 Å². The van der Waals surface area contributed by atoms with E-state index in [1.54, 1.807) is 19.4 Å². The smallest absolute Gasteiger partial charge is 0.331 e. The lowest BCUT2D eigenvalue weighted by atomic mass is 10.2. The first-order chi connectivity index (χ1) is 12.7. The number of carbonyl (C=O) groups is 1. The van der Waals surface area contributed by atoms with Crippen LogP contribution in [0.1, 0.15) is 16.7 Å². The molecule has 0 bridgehead atoms. The zero-order valence-electron chi connectivity index (χ0n) is 14.5. The molecule has 0 radical (unpaired) electrons. The van der Waals surface area contributed by atoms with E-state index in [2.05, 4.69) is 5.10 Å². The van der Waals surface area contributed by atoms with Crippen molar-refractivity contribution >= 4 is 12.0 Å². The molecule has 2 aromatic carbocycles. The van der Waals surface area contributed by atoms with Crippen LogP contribution in [0.25, 0.3) is 6.08 Å². The minimum Gasteiger partial charge on any atom is -0.496 e. The molecule has 0 aliphatic carbocycles. The number of benzene rings is 2. The topological polar surface area (TPSA) is 53.4 Å². The molecule has 3 aromatic rings. The van der Waals surface area contributed by atoms with Gasteiger partial charge in [0.25, 0.3) is 0 Å². The number of aromatic nitrogens is 2. The van der Waals surface area contributed by atoms with Gasteiger partial charge >= 0.3 is 5.97 Å². The molecule has 132 valence electrons. The zero-order valence-corrected chi connectivity index (χ0v) is 14.5. The molecule has 0 N–H and O–H groups in total. The maximum Gasteiger partial charge on any atom is 0.331 e. The standard InChI is InChI=1S/C21H20N2O3/c1-25-20-10-6-5-9-19(20)16-26-21(24)12-11-18-13-22-23(15-18)14-17-7-3-2-4-8-17/h2-13,15H,14,16H2,1H3/b12-11+. The van der Waals surface area contributed by atoms with Crippen molar-refractivity contribution in [3.05, 3.63) is 89.8 Å². The minimum absolute atomic E-state index is 0.167. The summed E-state index contributed by atoms with van der Waals surface area (Å²) in [7, 11) is 1.59. The Bertz CT molecular complexity index is 885. The highest BCUT2D eigenvalue weighted by Gasteiger charge is 2.04. The van der Waals surface area contributed by atoms with Crippen LogP contribution in [-0.2, 0) is 22.7 Å². The van der Waals surface area contributed by atoms with E-state index in [9.17, 15) is 4.79 Å². The number of carbonyl (C=O) groups excluding carboxylic acids is 1. The Hall–Kier alpha value is -3.34. The third-order valence-corrected chi connectivity index (χ3v) is 3.81. The molecule has 5 heteroatoms. The molecule has 0 aliphatic heterocycles. The SMILES string of the molecule is COc1ccccc1COC(=O)/C=C/c1cnn(Cc2ccccc2)c1. The average Bonchev–Trinajstić information content (AvgIpc) is 3.13. The second-order valence-electron chi connectivity index (χ2n) is 5.71. The summed E-state index contributed by atoms with van der Waals surface area (Å²) in [5.41, 5.74) is 2.84. The summed E-state index contributed by atoms with van der Waals surface area (Å²) in [6.07, 6.45) is 6.70. The van der Waals surface area contributed by atoms with Gasteiger partial charge < -0.3 is 9.47 Å². The molecule has 3 rings (SSSR count). The Morgan fingerprint density at radius 3 is 2.69 bits per heavy atom. The van der Waals surface area contributed by atoms with Crippen LogP contribution in [0.2, 0.25) is 0 Å². The third-order valence-electron chi connectivity index (χ3n) is 3.81. The lowest BCUT2D eigenvalue weighted by Gasteiger charge is -2.07. The fourth-order valence-electron chi connectivity index (χ4n) is 2.51. The van der Waals surface area contributed by atoms with E-state index in [0.29, 0.717) is 12.3 Å². The van der Waals surface area contributed by atoms with Crippen LogP contribution < -0.4 is 4.74 Å². The van der Waals surface area contributed by atoms with Crippen molar-refractivity contribution in [3.8, 4) is 5.75 Å². The Labute approximate surface area is 152 Å². The molecule has 0 saturated heterocycles. The molecule has 0 spiro atoms. The van der Waals surface area contributed by atoms with Crippen molar-refractivity contribution in [2.24, 2.45) is 0 Å². The van der Waals surface area contributed by atoms with Crippen LogP contribution in [0.15, 0.2) is 73.1 Å². The van der Waals surface area contributed by atoms with Gasteiger partial charge in [0, 0.05) is 23.4 Å². The van der Waals surface area contributed by atoms with E-state index in [1.807, 2.05) is 65.5 Å². The summed E-state index contributed by atoms with van der Waals surface area (Å²) < 4.78 is 12.3. The van der Waals surface area contributed by atoms with Crippen LogP contribution in [-0.4, -0.2) is 22.9 Å². The zero-order chi connectivity index (χ0) is 18.2. The summed E-state index contributed by atoms with van der Waals surface area (Å²) in [6, 6.07) is 17.5. The monoisotopic (exact) mass is 348 g/mol. The van der Waals surface area contributed by atoms with Crippen molar-refractivity contribution in [2.75, 3.05) is 7.11 Å². The van der Waals surface area contributed by atoms with Crippen LogP contribution in [0.3, 0.4) is 0 Å². The first-order valence-electron chi connectivity index (χ1n) is 8.28. The second-order valence-corrected chi connectivity index (χ2v) is 5.71. The molecule has 0 amide bonds. The summed E-state index contributed by atoms with van der Waals surface area (Å²) in [5.74, 6) is 0.290. The summed E-state index contributed by atoms with van der Waals surface area (Å²) in [4.78, 5) is 11.9. The van der Waals surface area contributed by atoms with Gasteiger partial charge in [-0.15, -0.1) is 0 Å². The molecular formula is C21H20N2O3. The Kier molecular flexibility index (Phi) is 5.83. The minimum atomic E-state index is -0.410. The Balaban J connectivity index is 1.54. The van der Waals surface area contributed by atoms with Gasteiger partial charge in [0.15, 0.2) is 0 Å². The van der Waals surface area contributed by atoms with Crippen LogP contribution in [0.5, 0.6) is 5.75 Å². The molecule has 1 aromatic heterocycles. The second kappa shape index (κ2) is 8.67. The lowest BCUT2D eigenvalue weighted by Crippen LogP contribution is -2.02. The van der Waals surface area contributed by atoms with Gasteiger partial charge in [-0.1, -0.05) is 48.5 Å². The predicted octanol–water partition coefficient (Wildman–Crippen LogP) is 3.70. The molecule has 1 heterocycles. The van der Waals surface area contributed by atoms with Gasteiger partial charge in [-0.25, -0.2) is 4.79 Å². The summed E-state index contributed by atoms with van der Waals surface area (Å²) in [5, 5.41) is 4.30. The molecule has 0 aliphatic rings. The van der Waals surface area contributed by atoms with E-state index in [1.165, 1.54) is 11.6 Å². The summed E-state index contributed by atoms with van der Waals surface area (Å²) >= 11 is 0. The highest BCUT2D eigenvalue weighted by atomic mass is 16.5. The van der Waals surface area contributed by atoms with Gasteiger partial charge in [-0.3, -0.25) is 4.68 Å². The fourth-order valence-corrected chi connectivity index (χ4v) is 2.51. The average molecular weight is 348 g/mol. The molecule has 5 nitrogen and oxygen atoms in total. The number of hydrogen-bond acceptors (Lipinski definition) is 4. The number of methoxy groups -OCH3 is 1. The van der Waals surface area contributed by atoms with E-state index in [4.69, 9.17) is 9.47 Å². The number of nitrogens with zero attached hydrogens (tertiary/aromatic N) is 2. The summed E-state index contributed by atoms with van der Waals surface area (Å²) in [6.45, 7) is 0.855. The number of esters is 1. The van der Waals surface area contributed by atoms with Gasteiger partial charge in [0.2, 0.25) is 0 Å². The van der Waals surface area contributed by atoms with Crippen LogP contribution >= 0.6 is 0 Å². The molecule has 0 saturated carbocycles. The Morgan fingerprint density at radius 1 is 1.12 bits per heavy atom. The van der Waals surface area contributed by atoms with Crippen molar-refractivity contribution < 1.29 is 14.3 Å². The van der Waals surface area contributed by atoms with E-state index in [-0.39, 0.29) is 6.61 Å². The van der Waals surface area contributed by atoms with Gasteiger partial charge in [-0.05, 0) is 17.7 Å². The maximum absolute atomic E-state index is 11.9. The maximum atomic E-state index is 11.9. The largest absolute Gasteiger partial charge is 0.496 e. The van der Waals surface area contributed by atoms with Gasteiger partial charge in [0.05, 0.1) is 19.9 Å². The highest BCUT2D eigenvalue weighted by molar-refractivity contribution is 5.86. The van der Waals surface area contributed by atoms with Crippen molar-refractivity contribution in [1.29, 1.82) is 0 Å². The number of ether oxygens (including phenoxy) is 2. The van der Waals surface area contributed by atoms with Crippen LogP contribution in [0, 0.1) is 0 Å². The number of hydrogen-bond donors (Lipinski definition) is 0. The Morgan fingerprint density at radius 2 is 1.88 bits per heavy atom. The molecule has 0 atom stereocenters. The fraction of sp³-hybridized carbons (Fsp3) is 0.143. The molecule has 0 unspecified atom stereocenters. The molecular weight excluding hydrogens is 328 g/mol. The molecule has 26 heavy (non-hydrogen) atoms. The lowest BCUT2D eigenvalue weighted by molar-refractivity contribution is -0.138. The van der Waals surface area contributed by atoms with Gasteiger partial charge in [0.1, 0.15) is 12.4 Å². The first-order valence-corrected chi connectivity index (χ1v) is 8.28. The predicted molar refractivity (Wildman–Crippen MR) is 99.6 cm³/mol. The van der Waals surface area contributed by atoms with E-state index >= 15 is 0 Å². The van der Waals surface area contributed by atoms with Crippen molar-refractivity contribution in [3.63, 3.8) is 0 Å². The van der Waals surface area contributed by atoms with Crippen LogP contribution in [0.4, 0.5) is 0 Å². The quantitative estimate of drug-likeness (QED) is 0.483. The van der Waals surface area contributed by atoms with Crippen molar-refractivity contribution in [1.82, 2.24) is 9.78 Å². The number of para-hydroxylation sites is 1. The van der Waals surface area contributed by atoms with E-state index < -0.39 is 5.97 Å².